The Morgan fingerprint density at radius 3 is 2.43 bits per heavy atom. The lowest BCUT2D eigenvalue weighted by atomic mass is 9.63. The molecule has 1 spiro atoms. The maximum Gasteiger partial charge on any atom is 0.227 e. The van der Waals surface area contributed by atoms with E-state index in [1.807, 2.05) is 26.1 Å². The number of hydrogen-bond donors (Lipinski definition) is 2. The molecular formula is C29H42N4O3S. The van der Waals surface area contributed by atoms with E-state index in [1.54, 1.807) is 12.1 Å². The van der Waals surface area contributed by atoms with Crippen molar-refractivity contribution in [3.05, 3.63) is 41.2 Å². The Morgan fingerprint density at radius 1 is 1.14 bits per heavy atom. The number of nitrogens with zero attached hydrogens (tertiary/aromatic N) is 3. The van der Waals surface area contributed by atoms with Crippen molar-refractivity contribution in [2.24, 2.45) is 5.41 Å². The number of benzene rings is 1. The van der Waals surface area contributed by atoms with Crippen molar-refractivity contribution in [2.45, 2.75) is 100 Å². The predicted molar refractivity (Wildman–Crippen MR) is 147 cm³/mol. The van der Waals surface area contributed by atoms with Gasteiger partial charge in [-0.3, -0.25) is 0 Å². The highest BCUT2D eigenvalue weighted by molar-refractivity contribution is 7.92. The predicted octanol–water partition coefficient (Wildman–Crippen LogP) is 5.15. The van der Waals surface area contributed by atoms with Crippen molar-refractivity contribution in [3.8, 4) is 0 Å². The first-order valence-corrected chi connectivity index (χ1v) is 15.4. The second-order valence-electron chi connectivity index (χ2n) is 12.2. The first-order valence-electron chi connectivity index (χ1n) is 13.9. The summed E-state index contributed by atoms with van der Waals surface area (Å²) in [5, 5.41) is 13.4. The molecule has 7 nitrogen and oxygen atoms in total. The average Bonchev–Trinajstić information content (AvgIpc) is 2.84. The van der Waals surface area contributed by atoms with Crippen molar-refractivity contribution in [1.82, 2.24) is 14.9 Å². The molecule has 1 aromatic heterocycles. The van der Waals surface area contributed by atoms with Crippen LogP contribution in [0.1, 0.15) is 88.0 Å². The molecule has 0 radical (unpaired) electrons. The second-order valence-corrected chi connectivity index (χ2v) is 14.4. The fourth-order valence-electron chi connectivity index (χ4n) is 6.51. The molecule has 3 aliphatic rings. The van der Waals surface area contributed by atoms with Gasteiger partial charge in [0, 0.05) is 17.8 Å². The minimum Gasteiger partial charge on any atom is -0.390 e. The molecule has 2 heterocycles. The van der Waals surface area contributed by atoms with Gasteiger partial charge in [0.15, 0.2) is 9.84 Å². The van der Waals surface area contributed by atoms with E-state index in [9.17, 15) is 13.5 Å². The molecule has 2 saturated carbocycles. The molecule has 2 N–H and O–H groups in total. The average molecular weight is 527 g/mol. The van der Waals surface area contributed by atoms with Crippen molar-refractivity contribution in [3.63, 3.8) is 0 Å². The van der Waals surface area contributed by atoms with Gasteiger partial charge in [-0.05, 0) is 127 Å². The summed E-state index contributed by atoms with van der Waals surface area (Å²) >= 11 is 0. The zero-order valence-electron chi connectivity index (χ0n) is 22.8. The van der Waals surface area contributed by atoms with Crippen LogP contribution in [-0.2, 0) is 16.3 Å². The Hall–Kier alpha value is -2.03. The second kappa shape index (κ2) is 9.93. The molecule has 202 valence electrons. The van der Waals surface area contributed by atoms with Crippen molar-refractivity contribution in [1.29, 1.82) is 0 Å². The third-order valence-corrected chi connectivity index (χ3v) is 11.4. The van der Waals surface area contributed by atoms with Gasteiger partial charge in [0.05, 0.1) is 21.4 Å². The SMILES string of the molecule is CCc1cnc(Nc2ccc(S(=O)(=O)C3CC4(CCN(C)CC4)C3)cc2C)nc1[C@H]1CC[C@@](C)(O)CC1. The van der Waals surface area contributed by atoms with Crippen LogP contribution in [0.25, 0.3) is 0 Å². The van der Waals surface area contributed by atoms with E-state index in [0.717, 1.165) is 93.4 Å². The molecule has 3 fully saturated rings. The third-order valence-electron chi connectivity index (χ3n) is 9.31. The molecule has 0 atom stereocenters. The monoisotopic (exact) mass is 526 g/mol. The van der Waals surface area contributed by atoms with Crippen molar-refractivity contribution in [2.75, 3.05) is 25.5 Å². The summed E-state index contributed by atoms with van der Waals surface area (Å²) in [7, 11) is -1.19. The van der Waals surface area contributed by atoms with Crippen LogP contribution >= 0.6 is 0 Å². The summed E-state index contributed by atoms with van der Waals surface area (Å²) in [5.41, 5.74) is 3.56. The number of aryl methyl sites for hydroxylation is 2. The number of nitrogens with one attached hydrogen (secondary N) is 1. The van der Waals surface area contributed by atoms with Crippen LogP contribution in [0.3, 0.4) is 0 Å². The van der Waals surface area contributed by atoms with Crippen LogP contribution in [0, 0.1) is 12.3 Å². The number of aliphatic hydroxyl groups is 1. The summed E-state index contributed by atoms with van der Waals surface area (Å²) in [6, 6.07) is 5.37. The largest absolute Gasteiger partial charge is 0.390 e. The van der Waals surface area contributed by atoms with Gasteiger partial charge in [-0.2, -0.15) is 0 Å². The van der Waals surface area contributed by atoms with Crippen LogP contribution in [0.15, 0.2) is 29.3 Å². The maximum atomic E-state index is 13.4. The van der Waals surface area contributed by atoms with E-state index in [-0.39, 0.29) is 10.7 Å². The number of likely N-dealkylation sites (tertiary alicyclic amines) is 1. The van der Waals surface area contributed by atoms with Gasteiger partial charge in [0.1, 0.15) is 0 Å². The number of piperidine rings is 1. The molecule has 37 heavy (non-hydrogen) atoms. The number of hydrogen-bond acceptors (Lipinski definition) is 7. The molecule has 2 aromatic rings. The molecule has 1 saturated heterocycles. The first kappa shape index (κ1) is 26.6. The van der Waals surface area contributed by atoms with Crippen LogP contribution in [-0.4, -0.2) is 59.4 Å². The van der Waals surface area contributed by atoms with Crippen LogP contribution in [0.5, 0.6) is 0 Å². The van der Waals surface area contributed by atoms with E-state index in [4.69, 9.17) is 4.98 Å². The number of aromatic nitrogens is 2. The fourth-order valence-corrected chi connectivity index (χ4v) is 8.64. The van der Waals surface area contributed by atoms with Gasteiger partial charge in [-0.25, -0.2) is 18.4 Å². The molecule has 1 aromatic carbocycles. The Morgan fingerprint density at radius 2 is 1.81 bits per heavy atom. The van der Waals surface area contributed by atoms with Crippen molar-refractivity contribution < 1.29 is 13.5 Å². The summed E-state index contributed by atoms with van der Waals surface area (Å²) < 4.78 is 26.8. The molecular weight excluding hydrogens is 484 g/mol. The van der Waals surface area contributed by atoms with Gasteiger partial charge in [0.25, 0.3) is 0 Å². The Labute approximate surface area is 222 Å². The number of sulfone groups is 1. The molecule has 0 unspecified atom stereocenters. The van der Waals surface area contributed by atoms with E-state index in [1.165, 1.54) is 0 Å². The minimum absolute atomic E-state index is 0.231. The smallest absolute Gasteiger partial charge is 0.227 e. The first-order chi connectivity index (χ1) is 17.5. The van der Waals surface area contributed by atoms with E-state index >= 15 is 0 Å². The summed E-state index contributed by atoms with van der Waals surface area (Å²) in [4.78, 5) is 12.2. The highest BCUT2D eigenvalue weighted by atomic mass is 32.2. The maximum absolute atomic E-state index is 13.4. The van der Waals surface area contributed by atoms with Crippen LogP contribution in [0.2, 0.25) is 0 Å². The topological polar surface area (TPSA) is 95.4 Å². The van der Waals surface area contributed by atoms with Crippen LogP contribution in [0.4, 0.5) is 11.6 Å². The van der Waals surface area contributed by atoms with Gasteiger partial charge in [-0.15, -0.1) is 0 Å². The lowest BCUT2D eigenvalue weighted by Crippen LogP contribution is -2.50. The highest BCUT2D eigenvalue weighted by Gasteiger charge is 2.50. The number of rotatable bonds is 6. The lowest BCUT2D eigenvalue weighted by Gasteiger charge is -2.51. The van der Waals surface area contributed by atoms with E-state index in [0.29, 0.717) is 16.8 Å². The van der Waals surface area contributed by atoms with E-state index < -0.39 is 15.4 Å². The molecule has 2 aliphatic carbocycles. The quantitative estimate of drug-likeness (QED) is 0.538. The molecule has 5 rings (SSSR count). The molecule has 1 aliphatic heterocycles. The Balaban J connectivity index is 1.29. The minimum atomic E-state index is -3.34. The summed E-state index contributed by atoms with van der Waals surface area (Å²) in [6.45, 7) is 8.11. The normalized spacial score (nSPS) is 26.7. The molecule has 0 bridgehead atoms. The highest BCUT2D eigenvalue weighted by Crippen LogP contribution is 2.52. The van der Waals surface area contributed by atoms with Gasteiger partial charge >= 0.3 is 0 Å². The number of anilines is 2. The molecule has 0 amide bonds. The standard InChI is InChI=1S/C29H42N4O3S/c1-5-21-19-30-27(32-26(21)22-8-10-28(3,34)11-9-22)31-25-7-6-23(16-20(25)2)37(35,36)24-17-29(18-24)12-14-33(4)15-13-29/h6-7,16,19,22,24,34H,5,8-15,17-18H2,1-4H3,(H,30,31,32)/t22-,28+. The van der Waals surface area contributed by atoms with E-state index in [2.05, 4.69) is 29.2 Å². The zero-order chi connectivity index (χ0) is 26.4. The molecule has 8 heteroatoms. The van der Waals surface area contributed by atoms with Crippen LogP contribution < -0.4 is 5.32 Å². The third kappa shape index (κ3) is 5.43. The summed E-state index contributed by atoms with van der Waals surface area (Å²) in [5.74, 6) is 0.856. The van der Waals surface area contributed by atoms with Gasteiger partial charge in [-0.1, -0.05) is 6.92 Å². The zero-order valence-corrected chi connectivity index (χ0v) is 23.6. The lowest BCUT2D eigenvalue weighted by molar-refractivity contribution is 0.0167. The Kier molecular flexibility index (Phi) is 7.13. The Bertz CT molecular complexity index is 1230. The van der Waals surface area contributed by atoms with Gasteiger partial charge in [0.2, 0.25) is 5.95 Å². The van der Waals surface area contributed by atoms with Crippen molar-refractivity contribution >= 4 is 21.5 Å². The summed E-state index contributed by atoms with van der Waals surface area (Å²) in [6.07, 6.45) is 9.96. The fraction of sp³-hybridized carbons (Fsp3) is 0.655. The van der Waals surface area contributed by atoms with Gasteiger partial charge < -0.3 is 15.3 Å².